The van der Waals surface area contributed by atoms with Crippen LogP contribution in [-0.2, 0) is 23.1 Å². The molecule has 0 spiro atoms. The molecule has 0 radical (unpaired) electrons. The fraction of sp³-hybridized carbons (Fsp3) is 0.606. The van der Waals surface area contributed by atoms with Gasteiger partial charge >= 0.3 is 5.97 Å². The molecule has 3 atom stereocenters. The van der Waals surface area contributed by atoms with Crippen LogP contribution >= 0.6 is 0 Å². The van der Waals surface area contributed by atoms with E-state index in [1.807, 2.05) is 20.8 Å². The van der Waals surface area contributed by atoms with Crippen molar-refractivity contribution < 1.29 is 23.1 Å². The minimum absolute atomic E-state index is 0.00424. The van der Waals surface area contributed by atoms with Crippen molar-refractivity contribution >= 4 is 33.0 Å². The second-order valence-electron chi connectivity index (χ2n) is 14.6. The standard InChI is InChI=1S/C33H52O5Si2/c1-31(2,3)37-29(34)24-28(38-39(10,11)32(4,5)6)30-27(36-30)22-23-35-40(33(7,8)9,25-18-14-12-15-19-25)26-20-16-13-17-21-26/h12-21,27-28,30H,22-24H2,1-11H3/t27-,28+,30-/m1/s1. The van der Waals surface area contributed by atoms with Crippen LogP contribution in [0.15, 0.2) is 60.7 Å². The molecule has 7 heteroatoms. The number of esters is 1. The van der Waals surface area contributed by atoms with Gasteiger partial charge in [-0.05, 0) is 60.7 Å². The third-order valence-corrected chi connectivity index (χ3v) is 17.7. The molecule has 40 heavy (non-hydrogen) atoms. The average Bonchev–Trinajstić information content (AvgIpc) is 3.59. The maximum atomic E-state index is 12.9. The maximum absolute atomic E-state index is 12.9. The summed E-state index contributed by atoms with van der Waals surface area (Å²) < 4.78 is 25.7. The molecule has 5 nitrogen and oxygen atoms in total. The second-order valence-corrected chi connectivity index (χ2v) is 23.7. The Morgan fingerprint density at radius 3 is 1.75 bits per heavy atom. The molecule has 0 amide bonds. The summed E-state index contributed by atoms with van der Waals surface area (Å²) in [5.74, 6) is -0.242. The first-order valence-electron chi connectivity index (χ1n) is 14.7. The topological polar surface area (TPSA) is 57.3 Å². The highest BCUT2D eigenvalue weighted by Crippen LogP contribution is 2.42. The van der Waals surface area contributed by atoms with Crippen molar-refractivity contribution in [3.05, 3.63) is 60.7 Å². The Labute approximate surface area is 245 Å². The Morgan fingerprint density at radius 1 is 0.825 bits per heavy atom. The second kappa shape index (κ2) is 12.2. The number of epoxide rings is 1. The molecule has 1 fully saturated rings. The van der Waals surface area contributed by atoms with Gasteiger partial charge in [-0.3, -0.25) is 4.79 Å². The van der Waals surface area contributed by atoms with Gasteiger partial charge in [-0.25, -0.2) is 0 Å². The lowest BCUT2D eigenvalue weighted by Gasteiger charge is -2.43. The Morgan fingerprint density at radius 2 is 1.32 bits per heavy atom. The number of rotatable bonds is 11. The van der Waals surface area contributed by atoms with Crippen molar-refractivity contribution in [3.63, 3.8) is 0 Å². The van der Waals surface area contributed by atoms with Gasteiger partial charge in [0.2, 0.25) is 0 Å². The molecule has 3 rings (SSSR count). The van der Waals surface area contributed by atoms with E-state index in [4.69, 9.17) is 18.3 Å². The van der Waals surface area contributed by atoms with Gasteiger partial charge in [0.1, 0.15) is 11.7 Å². The first-order chi connectivity index (χ1) is 18.4. The molecule has 2 aromatic carbocycles. The number of hydrogen-bond acceptors (Lipinski definition) is 5. The lowest BCUT2D eigenvalue weighted by atomic mass is 10.1. The Hall–Kier alpha value is -1.78. The number of benzene rings is 2. The number of carbonyl (C=O) groups is 1. The summed E-state index contributed by atoms with van der Waals surface area (Å²) in [6.45, 7) is 24.2. The summed E-state index contributed by atoms with van der Waals surface area (Å²) in [5.41, 5.74) is -0.536. The van der Waals surface area contributed by atoms with Crippen molar-refractivity contribution in [2.75, 3.05) is 6.61 Å². The summed E-state index contributed by atoms with van der Waals surface area (Å²) in [7, 11) is -4.74. The molecule has 1 saturated heterocycles. The first kappa shape index (κ1) is 32.7. The summed E-state index contributed by atoms with van der Waals surface area (Å²) in [6.07, 6.45) is 0.481. The van der Waals surface area contributed by atoms with Crippen LogP contribution < -0.4 is 10.4 Å². The van der Waals surface area contributed by atoms with E-state index in [1.54, 1.807) is 0 Å². The van der Waals surface area contributed by atoms with E-state index >= 15 is 0 Å². The molecule has 222 valence electrons. The fourth-order valence-electron chi connectivity index (χ4n) is 5.13. The molecule has 1 aliphatic rings. The third-order valence-electron chi connectivity index (χ3n) is 8.17. The van der Waals surface area contributed by atoms with Crippen LogP contribution in [0.3, 0.4) is 0 Å². The van der Waals surface area contributed by atoms with E-state index in [0.717, 1.165) is 6.42 Å². The van der Waals surface area contributed by atoms with Crippen molar-refractivity contribution in [1.29, 1.82) is 0 Å². The molecule has 0 aromatic heterocycles. The van der Waals surface area contributed by atoms with E-state index in [0.29, 0.717) is 6.61 Å². The van der Waals surface area contributed by atoms with E-state index in [1.165, 1.54) is 10.4 Å². The molecular weight excluding hydrogens is 533 g/mol. The van der Waals surface area contributed by atoms with Crippen LogP contribution in [0.5, 0.6) is 0 Å². The van der Waals surface area contributed by atoms with E-state index in [9.17, 15) is 4.79 Å². The molecule has 2 aromatic rings. The normalized spacial score (nSPS) is 19.3. The highest BCUT2D eigenvalue weighted by Gasteiger charge is 2.52. The SMILES string of the molecule is CC(C)(C)OC(=O)C[C@H](O[Si](C)(C)C(C)(C)C)[C@@H]1O[C@@H]1CCO[Si](c1ccccc1)(c1ccccc1)C(C)(C)C. The molecule has 0 aliphatic carbocycles. The monoisotopic (exact) mass is 584 g/mol. The highest BCUT2D eigenvalue weighted by molar-refractivity contribution is 6.99. The minimum atomic E-state index is -2.61. The van der Waals surface area contributed by atoms with Crippen LogP contribution in [0.4, 0.5) is 0 Å². The van der Waals surface area contributed by atoms with Gasteiger partial charge in [0.25, 0.3) is 8.32 Å². The lowest BCUT2D eigenvalue weighted by Crippen LogP contribution is -2.66. The zero-order chi connectivity index (χ0) is 30.0. The van der Waals surface area contributed by atoms with Gasteiger partial charge in [0, 0.05) is 6.61 Å². The van der Waals surface area contributed by atoms with Crippen LogP contribution in [-0.4, -0.2) is 53.1 Å². The van der Waals surface area contributed by atoms with E-state index < -0.39 is 22.2 Å². The molecule has 0 saturated carbocycles. The highest BCUT2D eigenvalue weighted by atomic mass is 28.4. The molecule has 0 unspecified atom stereocenters. The lowest BCUT2D eigenvalue weighted by molar-refractivity contribution is -0.157. The summed E-state index contributed by atoms with van der Waals surface area (Å²) in [5, 5.41) is 2.48. The minimum Gasteiger partial charge on any atom is -0.460 e. The Kier molecular flexibility index (Phi) is 10.00. The van der Waals surface area contributed by atoms with Crippen LogP contribution in [0, 0.1) is 0 Å². The van der Waals surface area contributed by atoms with E-state index in [-0.39, 0.29) is 40.8 Å². The van der Waals surface area contributed by atoms with Crippen molar-refractivity contribution in [1.82, 2.24) is 0 Å². The van der Waals surface area contributed by atoms with Gasteiger partial charge in [-0.15, -0.1) is 0 Å². The van der Waals surface area contributed by atoms with Crippen molar-refractivity contribution in [3.8, 4) is 0 Å². The van der Waals surface area contributed by atoms with Gasteiger partial charge in [0.15, 0.2) is 8.32 Å². The Bertz CT molecular complexity index is 1060. The average molecular weight is 585 g/mol. The smallest absolute Gasteiger partial charge is 0.308 e. The van der Waals surface area contributed by atoms with Crippen LogP contribution in [0.2, 0.25) is 23.2 Å². The zero-order valence-corrected chi connectivity index (χ0v) is 28.7. The van der Waals surface area contributed by atoms with Crippen molar-refractivity contribution in [2.24, 2.45) is 0 Å². The number of ether oxygens (including phenoxy) is 2. The number of carbonyl (C=O) groups excluding carboxylic acids is 1. The van der Waals surface area contributed by atoms with Crippen LogP contribution in [0.25, 0.3) is 0 Å². The third kappa shape index (κ3) is 7.94. The summed E-state index contributed by atoms with van der Waals surface area (Å²) in [4.78, 5) is 12.9. The predicted molar refractivity (Wildman–Crippen MR) is 169 cm³/mol. The first-order valence-corrected chi connectivity index (χ1v) is 19.5. The van der Waals surface area contributed by atoms with Gasteiger partial charge in [-0.1, -0.05) is 102 Å². The van der Waals surface area contributed by atoms with Crippen LogP contribution in [0.1, 0.15) is 75.2 Å². The zero-order valence-electron chi connectivity index (χ0n) is 26.7. The summed E-state index contributed by atoms with van der Waals surface area (Å²) >= 11 is 0. The quantitative estimate of drug-likeness (QED) is 0.164. The van der Waals surface area contributed by atoms with Gasteiger partial charge in [0.05, 0.1) is 18.6 Å². The Balaban J connectivity index is 1.79. The maximum Gasteiger partial charge on any atom is 0.308 e. The van der Waals surface area contributed by atoms with Gasteiger partial charge < -0.3 is 18.3 Å². The largest absolute Gasteiger partial charge is 0.460 e. The fourth-order valence-corrected chi connectivity index (χ4v) is 11.0. The molecule has 0 N–H and O–H groups in total. The summed E-state index contributed by atoms with van der Waals surface area (Å²) in [6, 6.07) is 21.4. The molecular formula is C33H52O5Si2. The van der Waals surface area contributed by atoms with Gasteiger partial charge in [-0.2, -0.15) is 0 Å². The van der Waals surface area contributed by atoms with E-state index in [2.05, 4.69) is 115 Å². The predicted octanol–water partition coefficient (Wildman–Crippen LogP) is 6.84. The molecule has 0 bridgehead atoms. The molecule has 1 heterocycles. The van der Waals surface area contributed by atoms with Crippen molar-refractivity contribution in [2.45, 2.75) is 122 Å². The molecule has 1 aliphatic heterocycles. The number of hydrogen-bond donors (Lipinski definition) is 0.